The Bertz CT molecular complexity index is 493. The van der Waals surface area contributed by atoms with Gasteiger partial charge in [-0.05, 0) is 43.4 Å². The molecule has 3 nitrogen and oxygen atoms in total. The topological polar surface area (TPSA) is 49.3 Å². The molecule has 4 heteroatoms. The van der Waals surface area contributed by atoms with Crippen LogP contribution in [0.2, 0.25) is 5.02 Å². The Morgan fingerprint density at radius 3 is 2.57 bits per heavy atom. The van der Waals surface area contributed by atoms with Gasteiger partial charge in [-0.1, -0.05) is 37.6 Å². The molecule has 1 aromatic rings. The first kappa shape index (κ1) is 16.3. The van der Waals surface area contributed by atoms with Crippen LogP contribution in [0, 0.1) is 5.92 Å². The van der Waals surface area contributed by atoms with Crippen LogP contribution in [0.5, 0.6) is 0 Å². The second-order valence-corrected chi connectivity index (χ2v) is 7.10. The summed E-state index contributed by atoms with van der Waals surface area (Å²) < 4.78 is 0. The van der Waals surface area contributed by atoms with Gasteiger partial charge in [0.05, 0.1) is 5.92 Å². The molecule has 1 aromatic carbocycles. The summed E-state index contributed by atoms with van der Waals surface area (Å²) in [5.74, 6) is -0.795. The van der Waals surface area contributed by atoms with E-state index in [9.17, 15) is 4.79 Å². The van der Waals surface area contributed by atoms with Crippen LogP contribution in [0.1, 0.15) is 45.1 Å². The fourth-order valence-corrected chi connectivity index (χ4v) is 3.15. The highest BCUT2D eigenvalue weighted by Crippen LogP contribution is 2.27. The van der Waals surface area contributed by atoms with E-state index in [0.717, 1.165) is 37.3 Å². The molecule has 1 saturated carbocycles. The standard InChI is InChI=1S/C17H24ClNO2/c1-17(2,13-4-3-5-14(18)10-13)11-19-15-8-6-12(7-9-15)16(20)21/h3-5,10,12,15,19H,6-9,11H2,1-2H3,(H,20,21). The van der Waals surface area contributed by atoms with E-state index in [1.807, 2.05) is 18.2 Å². The molecular formula is C17H24ClNO2. The largest absolute Gasteiger partial charge is 0.481 e. The van der Waals surface area contributed by atoms with E-state index < -0.39 is 5.97 Å². The summed E-state index contributed by atoms with van der Waals surface area (Å²) in [7, 11) is 0. The molecule has 1 fully saturated rings. The zero-order chi connectivity index (χ0) is 15.5. The van der Waals surface area contributed by atoms with Gasteiger partial charge in [0.1, 0.15) is 0 Å². The molecule has 0 spiro atoms. The molecule has 21 heavy (non-hydrogen) atoms. The van der Waals surface area contributed by atoms with Crippen molar-refractivity contribution >= 4 is 17.6 Å². The Balaban J connectivity index is 1.86. The number of benzene rings is 1. The minimum Gasteiger partial charge on any atom is -0.481 e. The molecule has 1 aliphatic rings. The van der Waals surface area contributed by atoms with Crippen LogP contribution in [0.4, 0.5) is 0 Å². The van der Waals surface area contributed by atoms with Gasteiger partial charge in [-0.25, -0.2) is 0 Å². The van der Waals surface area contributed by atoms with Crippen molar-refractivity contribution in [3.05, 3.63) is 34.9 Å². The van der Waals surface area contributed by atoms with E-state index in [-0.39, 0.29) is 11.3 Å². The first-order chi connectivity index (χ1) is 9.88. The first-order valence-corrected chi connectivity index (χ1v) is 7.98. The maximum atomic E-state index is 11.0. The zero-order valence-electron chi connectivity index (χ0n) is 12.7. The summed E-state index contributed by atoms with van der Waals surface area (Å²) in [5.41, 5.74) is 1.23. The third-order valence-corrected chi connectivity index (χ3v) is 4.75. The maximum absolute atomic E-state index is 11.0. The van der Waals surface area contributed by atoms with Crippen LogP contribution in [-0.4, -0.2) is 23.7 Å². The number of hydrogen-bond acceptors (Lipinski definition) is 2. The normalized spacial score (nSPS) is 23.0. The zero-order valence-corrected chi connectivity index (χ0v) is 13.5. The molecule has 0 heterocycles. The van der Waals surface area contributed by atoms with E-state index in [1.165, 1.54) is 5.56 Å². The minimum absolute atomic E-state index is 0.00848. The molecule has 0 radical (unpaired) electrons. The second kappa shape index (κ2) is 6.80. The highest BCUT2D eigenvalue weighted by Gasteiger charge is 2.27. The lowest BCUT2D eigenvalue weighted by Gasteiger charge is -2.32. The van der Waals surface area contributed by atoms with Gasteiger partial charge in [-0.15, -0.1) is 0 Å². The van der Waals surface area contributed by atoms with E-state index in [0.29, 0.717) is 6.04 Å². The number of aliphatic carboxylic acids is 1. The van der Waals surface area contributed by atoms with Crippen molar-refractivity contribution in [2.24, 2.45) is 5.92 Å². The highest BCUT2D eigenvalue weighted by molar-refractivity contribution is 6.30. The van der Waals surface area contributed by atoms with E-state index in [2.05, 4.69) is 25.2 Å². The quantitative estimate of drug-likeness (QED) is 0.868. The van der Waals surface area contributed by atoms with Gasteiger partial charge in [0.2, 0.25) is 0 Å². The fourth-order valence-electron chi connectivity index (χ4n) is 2.96. The van der Waals surface area contributed by atoms with Gasteiger partial charge in [-0.2, -0.15) is 0 Å². The molecule has 0 atom stereocenters. The highest BCUT2D eigenvalue weighted by atomic mass is 35.5. The third kappa shape index (κ3) is 4.45. The molecule has 2 N–H and O–H groups in total. The van der Waals surface area contributed by atoms with E-state index in [1.54, 1.807) is 0 Å². The van der Waals surface area contributed by atoms with Crippen molar-refractivity contribution < 1.29 is 9.90 Å². The van der Waals surface area contributed by atoms with Crippen molar-refractivity contribution in [2.45, 2.75) is 51.0 Å². The predicted octanol–water partition coefficient (Wildman–Crippen LogP) is 3.85. The van der Waals surface area contributed by atoms with Gasteiger partial charge in [0.15, 0.2) is 0 Å². The van der Waals surface area contributed by atoms with Gasteiger partial charge < -0.3 is 10.4 Å². The summed E-state index contributed by atoms with van der Waals surface area (Å²) in [6, 6.07) is 8.43. The van der Waals surface area contributed by atoms with Crippen molar-refractivity contribution in [1.29, 1.82) is 0 Å². The lowest BCUT2D eigenvalue weighted by atomic mass is 9.82. The predicted molar refractivity (Wildman–Crippen MR) is 85.9 cm³/mol. The van der Waals surface area contributed by atoms with Crippen molar-refractivity contribution in [2.75, 3.05) is 6.54 Å². The summed E-state index contributed by atoms with van der Waals surface area (Å²) in [6.07, 6.45) is 3.46. The van der Waals surface area contributed by atoms with Crippen LogP contribution in [-0.2, 0) is 10.2 Å². The van der Waals surface area contributed by atoms with Crippen molar-refractivity contribution in [3.8, 4) is 0 Å². The monoisotopic (exact) mass is 309 g/mol. The first-order valence-electron chi connectivity index (χ1n) is 7.61. The van der Waals surface area contributed by atoms with Crippen LogP contribution < -0.4 is 5.32 Å². The Hall–Kier alpha value is -1.06. The molecule has 0 unspecified atom stereocenters. The molecule has 0 saturated heterocycles. The smallest absolute Gasteiger partial charge is 0.306 e. The number of carboxylic acids is 1. The molecule has 0 bridgehead atoms. The molecule has 2 rings (SSSR count). The summed E-state index contributed by atoms with van der Waals surface area (Å²) in [4.78, 5) is 11.0. The lowest BCUT2D eigenvalue weighted by molar-refractivity contribution is -0.142. The average molecular weight is 310 g/mol. The van der Waals surface area contributed by atoms with Gasteiger partial charge in [-0.3, -0.25) is 4.79 Å². The maximum Gasteiger partial charge on any atom is 0.306 e. The number of halogens is 1. The molecule has 0 aliphatic heterocycles. The Morgan fingerprint density at radius 2 is 2.00 bits per heavy atom. The molecule has 1 aliphatic carbocycles. The number of carboxylic acid groups (broad SMARTS) is 1. The lowest BCUT2D eigenvalue weighted by Crippen LogP contribution is -2.41. The van der Waals surface area contributed by atoms with Crippen LogP contribution in [0.3, 0.4) is 0 Å². The molecule has 0 amide bonds. The Morgan fingerprint density at radius 1 is 1.33 bits per heavy atom. The number of carbonyl (C=O) groups is 1. The van der Waals surface area contributed by atoms with E-state index >= 15 is 0 Å². The summed E-state index contributed by atoms with van der Waals surface area (Å²) in [6.45, 7) is 5.28. The number of nitrogens with one attached hydrogen (secondary N) is 1. The van der Waals surface area contributed by atoms with Crippen LogP contribution >= 0.6 is 11.6 Å². The minimum atomic E-state index is -0.646. The molecular weight excluding hydrogens is 286 g/mol. The third-order valence-electron chi connectivity index (χ3n) is 4.52. The van der Waals surface area contributed by atoms with E-state index in [4.69, 9.17) is 16.7 Å². The van der Waals surface area contributed by atoms with Crippen LogP contribution in [0.25, 0.3) is 0 Å². The molecule has 116 valence electrons. The number of rotatable bonds is 5. The van der Waals surface area contributed by atoms with Gasteiger partial charge in [0, 0.05) is 23.0 Å². The van der Waals surface area contributed by atoms with Crippen molar-refractivity contribution in [3.63, 3.8) is 0 Å². The summed E-state index contributed by atoms with van der Waals surface area (Å²) in [5, 5.41) is 13.4. The Kier molecular flexibility index (Phi) is 5.28. The number of hydrogen-bond donors (Lipinski definition) is 2. The Labute approximate surface area is 131 Å². The van der Waals surface area contributed by atoms with Crippen molar-refractivity contribution in [1.82, 2.24) is 5.32 Å². The molecule has 0 aromatic heterocycles. The van der Waals surface area contributed by atoms with Gasteiger partial charge >= 0.3 is 5.97 Å². The summed E-state index contributed by atoms with van der Waals surface area (Å²) >= 11 is 6.07. The second-order valence-electron chi connectivity index (χ2n) is 6.66. The van der Waals surface area contributed by atoms with Gasteiger partial charge in [0.25, 0.3) is 0 Å². The SMILES string of the molecule is CC(C)(CNC1CCC(C(=O)O)CC1)c1cccc(Cl)c1. The van der Waals surface area contributed by atoms with Crippen LogP contribution in [0.15, 0.2) is 24.3 Å². The average Bonchev–Trinajstić information content (AvgIpc) is 2.45. The fraction of sp³-hybridized carbons (Fsp3) is 0.588.